The van der Waals surface area contributed by atoms with Gasteiger partial charge in [0.05, 0.1) is 6.54 Å². The van der Waals surface area contributed by atoms with E-state index >= 15 is 0 Å². The highest BCUT2D eigenvalue weighted by Gasteiger charge is 2.22. The molecule has 2 amide bonds. The number of carbonyl (C=O) groups excluding carboxylic acids is 3. The monoisotopic (exact) mass is 320 g/mol. The first-order valence-electron chi connectivity index (χ1n) is 7.36. The number of nitrogens with zero attached hydrogens (tertiary/aromatic N) is 1. The van der Waals surface area contributed by atoms with Crippen LogP contribution in [0.3, 0.4) is 0 Å². The molecule has 0 atom stereocenters. The fraction of sp³-hybridized carbons (Fsp3) is 0.438. The molecule has 1 heterocycles. The third kappa shape index (κ3) is 4.98. The van der Waals surface area contributed by atoms with Gasteiger partial charge >= 0.3 is 5.97 Å². The summed E-state index contributed by atoms with van der Waals surface area (Å²) in [6.45, 7) is 4.11. The van der Waals surface area contributed by atoms with E-state index in [2.05, 4.69) is 5.32 Å². The summed E-state index contributed by atoms with van der Waals surface area (Å²) in [6.07, 6.45) is 0. The highest BCUT2D eigenvalue weighted by atomic mass is 16.6. The van der Waals surface area contributed by atoms with E-state index in [1.165, 1.54) is 4.90 Å². The number of aryl methyl sites for hydroxylation is 2. The van der Waals surface area contributed by atoms with Crippen molar-refractivity contribution >= 4 is 17.8 Å². The van der Waals surface area contributed by atoms with Gasteiger partial charge in [-0.25, -0.2) is 4.79 Å². The predicted molar refractivity (Wildman–Crippen MR) is 82.0 cm³/mol. The van der Waals surface area contributed by atoms with Crippen LogP contribution in [0.25, 0.3) is 0 Å². The lowest BCUT2D eigenvalue weighted by Gasteiger charge is -2.26. The molecule has 0 aromatic heterocycles. The fourth-order valence-corrected chi connectivity index (χ4v) is 2.07. The van der Waals surface area contributed by atoms with Gasteiger partial charge < -0.3 is 19.7 Å². The Hall–Kier alpha value is -2.57. The molecule has 7 heteroatoms. The van der Waals surface area contributed by atoms with Gasteiger partial charge in [0.15, 0.2) is 13.2 Å². The van der Waals surface area contributed by atoms with E-state index in [-0.39, 0.29) is 31.6 Å². The summed E-state index contributed by atoms with van der Waals surface area (Å²) in [5, 5.41) is 2.62. The summed E-state index contributed by atoms with van der Waals surface area (Å²) in [5.74, 6) is -0.657. The van der Waals surface area contributed by atoms with E-state index in [4.69, 9.17) is 9.47 Å². The molecule has 1 aromatic carbocycles. The van der Waals surface area contributed by atoms with Crippen LogP contribution in [-0.4, -0.2) is 55.5 Å². The highest BCUT2D eigenvalue weighted by molar-refractivity contribution is 5.87. The Labute approximate surface area is 134 Å². The van der Waals surface area contributed by atoms with Crippen molar-refractivity contribution in [2.24, 2.45) is 0 Å². The van der Waals surface area contributed by atoms with Gasteiger partial charge in [-0.2, -0.15) is 0 Å². The first-order chi connectivity index (χ1) is 11.0. The minimum atomic E-state index is -0.627. The first kappa shape index (κ1) is 16.8. The third-order valence-corrected chi connectivity index (χ3v) is 3.58. The van der Waals surface area contributed by atoms with Gasteiger partial charge in [-0.15, -0.1) is 0 Å². The zero-order valence-corrected chi connectivity index (χ0v) is 13.3. The van der Waals surface area contributed by atoms with Crippen LogP contribution in [0, 0.1) is 13.8 Å². The number of rotatable bonds is 5. The highest BCUT2D eigenvalue weighted by Crippen LogP contribution is 2.16. The molecule has 0 aliphatic carbocycles. The molecule has 1 fully saturated rings. The topological polar surface area (TPSA) is 84.9 Å². The third-order valence-electron chi connectivity index (χ3n) is 3.58. The van der Waals surface area contributed by atoms with E-state index in [1.54, 1.807) is 6.07 Å². The van der Waals surface area contributed by atoms with Crippen LogP contribution in [0.15, 0.2) is 18.2 Å². The lowest BCUT2D eigenvalue weighted by Crippen LogP contribution is -2.51. The number of carbonyl (C=O) groups is 3. The molecular weight excluding hydrogens is 300 g/mol. The molecule has 1 aliphatic rings. The minimum Gasteiger partial charge on any atom is -0.482 e. The van der Waals surface area contributed by atoms with Gasteiger partial charge in [0, 0.05) is 13.1 Å². The Bertz CT molecular complexity index is 614. The molecule has 1 aliphatic heterocycles. The Morgan fingerprint density at radius 2 is 2.00 bits per heavy atom. The fourth-order valence-electron chi connectivity index (χ4n) is 2.07. The average Bonchev–Trinajstić information content (AvgIpc) is 2.53. The molecule has 2 rings (SSSR count). The van der Waals surface area contributed by atoms with Crippen molar-refractivity contribution in [3.8, 4) is 5.75 Å². The number of benzene rings is 1. The first-order valence-corrected chi connectivity index (χ1v) is 7.36. The second-order valence-corrected chi connectivity index (χ2v) is 5.36. The van der Waals surface area contributed by atoms with Gasteiger partial charge in [0.25, 0.3) is 5.91 Å². The lowest BCUT2D eigenvalue weighted by molar-refractivity contribution is -0.154. The maximum atomic E-state index is 11.8. The zero-order chi connectivity index (χ0) is 16.8. The van der Waals surface area contributed by atoms with E-state index < -0.39 is 5.97 Å². The van der Waals surface area contributed by atoms with E-state index in [1.807, 2.05) is 26.0 Å². The molecule has 1 saturated heterocycles. The maximum Gasteiger partial charge on any atom is 0.344 e. The van der Waals surface area contributed by atoms with Gasteiger partial charge in [-0.1, -0.05) is 6.07 Å². The standard InChI is InChI=1S/C16H20N2O5/c1-11-3-4-13(7-12(11)2)22-10-16(21)23-9-15(20)18-6-5-17-14(19)8-18/h3-4,7H,5-6,8-10H2,1-2H3,(H,17,19). The smallest absolute Gasteiger partial charge is 0.344 e. The molecule has 23 heavy (non-hydrogen) atoms. The molecule has 0 bridgehead atoms. The van der Waals surface area contributed by atoms with Crippen LogP contribution < -0.4 is 10.1 Å². The van der Waals surface area contributed by atoms with Crippen molar-refractivity contribution in [2.75, 3.05) is 32.8 Å². The molecule has 124 valence electrons. The van der Waals surface area contributed by atoms with Crippen LogP contribution in [0.5, 0.6) is 5.75 Å². The zero-order valence-electron chi connectivity index (χ0n) is 13.3. The average molecular weight is 320 g/mol. The summed E-state index contributed by atoms with van der Waals surface area (Å²) in [7, 11) is 0. The van der Waals surface area contributed by atoms with Crippen molar-refractivity contribution in [1.29, 1.82) is 0 Å². The minimum absolute atomic E-state index is 0.00444. The summed E-state index contributed by atoms with van der Waals surface area (Å²) >= 11 is 0. The van der Waals surface area contributed by atoms with E-state index in [9.17, 15) is 14.4 Å². The van der Waals surface area contributed by atoms with E-state index in [0.717, 1.165) is 11.1 Å². The Morgan fingerprint density at radius 1 is 1.22 bits per heavy atom. The van der Waals surface area contributed by atoms with Crippen molar-refractivity contribution < 1.29 is 23.9 Å². The number of piperazine rings is 1. The lowest BCUT2D eigenvalue weighted by atomic mass is 10.1. The van der Waals surface area contributed by atoms with Crippen molar-refractivity contribution in [3.05, 3.63) is 29.3 Å². The summed E-state index contributed by atoms with van der Waals surface area (Å²) in [5.41, 5.74) is 2.20. The number of ether oxygens (including phenoxy) is 2. The van der Waals surface area contributed by atoms with Gasteiger partial charge in [0.2, 0.25) is 5.91 Å². The molecule has 0 spiro atoms. The number of amides is 2. The van der Waals surface area contributed by atoms with Crippen molar-refractivity contribution in [3.63, 3.8) is 0 Å². The van der Waals surface area contributed by atoms with Crippen LogP contribution in [-0.2, 0) is 19.1 Å². The van der Waals surface area contributed by atoms with E-state index in [0.29, 0.717) is 18.8 Å². The molecule has 1 aromatic rings. The van der Waals surface area contributed by atoms with Crippen LogP contribution in [0.2, 0.25) is 0 Å². The van der Waals surface area contributed by atoms with Crippen LogP contribution in [0.4, 0.5) is 0 Å². The Morgan fingerprint density at radius 3 is 2.70 bits per heavy atom. The second kappa shape index (κ2) is 7.62. The molecule has 1 N–H and O–H groups in total. The van der Waals surface area contributed by atoms with Gasteiger partial charge in [-0.3, -0.25) is 9.59 Å². The number of hydrogen-bond donors (Lipinski definition) is 1. The SMILES string of the molecule is Cc1ccc(OCC(=O)OCC(=O)N2CCNC(=O)C2)cc1C. The quantitative estimate of drug-likeness (QED) is 0.783. The normalized spacial score (nSPS) is 14.2. The number of nitrogens with one attached hydrogen (secondary N) is 1. The number of hydrogen-bond acceptors (Lipinski definition) is 5. The molecule has 0 radical (unpaired) electrons. The number of esters is 1. The molecule has 0 saturated carbocycles. The summed E-state index contributed by atoms with van der Waals surface area (Å²) in [6, 6.07) is 5.51. The van der Waals surface area contributed by atoms with Crippen molar-refractivity contribution in [1.82, 2.24) is 10.2 Å². The largest absolute Gasteiger partial charge is 0.482 e. The van der Waals surface area contributed by atoms with Crippen LogP contribution >= 0.6 is 0 Å². The maximum absolute atomic E-state index is 11.8. The molecule has 7 nitrogen and oxygen atoms in total. The molecule has 0 unspecified atom stereocenters. The summed E-state index contributed by atoms with van der Waals surface area (Å²) in [4.78, 5) is 36.0. The van der Waals surface area contributed by atoms with Crippen molar-refractivity contribution in [2.45, 2.75) is 13.8 Å². The predicted octanol–water partition coefficient (Wildman–Crippen LogP) is 0.184. The Kier molecular flexibility index (Phi) is 5.56. The Balaban J connectivity index is 1.73. The van der Waals surface area contributed by atoms with Gasteiger partial charge in [-0.05, 0) is 37.1 Å². The summed E-state index contributed by atoms with van der Waals surface area (Å²) < 4.78 is 10.2. The van der Waals surface area contributed by atoms with Crippen LogP contribution in [0.1, 0.15) is 11.1 Å². The molecular formula is C16H20N2O5. The van der Waals surface area contributed by atoms with Gasteiger partial charge in [0.1, 0.15) is 5.75 Å². The second-order valence-electron chi connectivity index (χ2n) is 5.36.